The van der Waals surface area contributed by atoms with Crippen LogP contribution in [0.5, 0.6) is 5.75 Å². The van der Waals surface area contributed by atoms with Crippen LogP contribution < -0.4 is 10.1 Å². The van der Waals surface area contributed by atoms with Crippen LogP contribution >= 0.6 is 23.1 Å². The number of methoxy groups -OCH3 is 1. The Morgan fingerprint density at radius 3 is 2.59 bits per heavy atom. The highest BCUT2D eigenvalue weighted by molar-refractivity contribution is 7.99. The van der Waals surface area contributed by atoms with E-state index in [2.05, 4.69) is 49.3 Å². The number of benzene rings is 2. The smallest absolute Gasteiger partial charge is 0.226 e. The third kappa shape index (κ3) is 5.11. The number of nitrogens with zero attached hydrogens (tertiary/aromatic N) is 2. The number of fused-ring (bicyclic) bond motifs is 1. The zero-order valence-corrected chi connectivity index (χ0v) is 20.2. The summed E-state index contributed by atoms with van der Waals surface area (Å²) in [5.41, 5.74) is 6.50. The Bertz CT molecular complexity index is 1270. The molecule has 164 valence electrons. The number of hydrogen-bond donors (Lipinski definition) is 1. The van der Waals surface area contributed by atoms with Crippen molar-refractivity contribution in [3.8, 4) is 17.0 Å². The third-order valence-electron chi connectivity index (χ3n) is 5.15. The summed E-state index contributed by atoms with van der Waals surface area (Å²) in [7, 11) is 1.64. The first-order valence-electron chi connectivity index (χ1n) is 10.3. The first kappa shape index (κ1) is 22.3. The first-order chi connectivity index (χ1) is 15.4. The Morgan fingerprint density at radius 1 is 1.06 bits per heavy atom. The first-order valence-corrected chi connectivity index (χ1v) is 12.2. The summed E-state index contributed by atoms with van der Waals surface area (Å²) in [5.74, 6) is 1.42. The zero-order valence-electron chi connectivity index (χ0n) is 18.6. The molecule has 1 N–H and O–H groups in total. The maximum atomic E-state index is 12.4. The number of ether oxygens (including phenoxy) is 1. The Balaban J connectivity index is 1.34. The van der Waals surface area contributed by atoms with E-state index in [9.17, 15) is 4.79 Å². The second-order valence-electron chi connectivity index (χ2n) is 7.67. The van der Waals surface area contributed by atoms with Crippen LogP contribution in [0.1, 0.15) is 23.1 Å². The van der Waals surface area contributed by atoms with Crippen molar-refractivity contribution in [3.63, 3.8) is 0 Å². The minimum absolute atomic E-state index is 0.0440. The number of amides is 1. The molecule has 0 bridgehead atoms. The molecule has 0 radical (unpaired) electrons. The minimum Gasteiger partial charge on any atom is -0.497 e. The lowest BCUT2D eigenvalue weighted by Gasteiger charge is -2.09. The van der Waals surface area contributed by atoms with Crippen molar-refractivity contribution in [2.24, 2.45) is 0 Å². The average Bonchev–Trinajstić information content (AvgIpc) is 3.23. The third-order valence-corrected chi connectivity index (χ3v) is 6.82. The number of carbonyl (C=O) groups excluding carboxylic acids is 1. The lowest BCUT2D eigenvalue weighted by Crippen LogP contribution is -2.12. The number of carbonyl (C=O) groups is 1. The normalized spacial score (nSPS) is 11.0. The number of aromatic nitrogens is 2. The van der Waals surface area contributed by atoms with E-state index in [1.165, 1.54) is 33.4 Å². The van der Waals surface area contributed by atoms with E-state index in [4.69, 9.17) is 9.72 Å². The monoisotopic (exact) mass is 463 g/mol. The highest BCUT2D eigenvalue weighted by atomic mass is 32.2. The van der Waals surface area contributed by atoms with Crippen LogP contribution in [0.2, 0.25) is 0 Å². The molecule has 0 fully saturated rings. The molecule has 2 heterocycles. The van der Waals surface area contributed by atoms with E-state index in [1.54, 1.807) is 18.9 Å². The molecule has 0 aliphatic heterocycles. The number of nitrogens with one attached hydrogen (secondary N) is 1. The van der Waals surface area contributed by atoms with Gasteiger partial charge >= 0.3 is 0 Å². The number of thioether (sulfide) groups is 1. The van der Waals surface area contributed by atoms with Crippen molar-refractivity contribution in [2.45, 2.75) is 32.2 Å². The van der Waals surface area contributed by atoms with E-state index in [1.807, 2.05) is 29.6 Å². The predicted octanol–water partition coefficient (Wildman–Crippen LogP) is 6.41. The highest BCUT2D eigenvalue weighted by Crippen LogP contribution is 2.28. The lowest BCUT2D eigenvalue weighted by molar-refractivity contribution is -0.115. The quantitative estimate of drug-likeness (QED) is 0.321. The maximum absolute atomic E-state index is 12.4. The fraction of sp³-hybridized carbons (Fsp3) is 0.240. The van der Waals surface area contributed by atoms with E-state index >= 15 is 0 Å². The maximum Gasteiger partial charge on any atom is 0.226 e. The largest absolute Gasteiger partial charge is 0.497 e. The van der Waals surface area contributed by atoms with Crippen LogP contribution in [0.25, 0.3) is 22.2 Å². The molecule has 0 saturated carbocycles. The summed E-state index contributed by atoms with van der Waals surface area (Å²) in [4.78, 5) is 21.8. The van der Waals surface area contributed by atoms with Crippen molar-refractivity contribution in [1.82, 2.24) is 9.97 Å². The summed E-state index contributed by atoms with van der Waals surface area (Å²) in [6, 6.07) is 14.2. The van der Waals surface area contributed by atoms with Crippen LogP contribution in [0.4, 0.5) is 5.13 Å². The van der Waals surface area contributed by atoms with Crippen molar-refractivity contribution < 1.29 is 9.53 Å². The van der Waals surface area contributed by atoms with Gasteiger partial charge in [-0.2, -0.15) is 0 Å². The Labute approximate surface area is 196 Å². The summed E-state index contributed by atoms with van der Waals surface area (Å²) >= 11 is 3.03. The molecule has 0 aliphatic rings. The molecule has 4 aromatic rings. The molecule has 5 nitrogen and oxygen atoms in total. The summed E-state index contributed by atoms with van der Waals surface area (Å²) in [6.45, 7) is 6.32. The van der Waals surface area contributed by atoms with Gasteiger partial charge in [-0.05, 0) is 68.3 Å². The van der Waals surface area contributed by atoms with E-state index < -0.39 is 0 Å². The number of rotatable bonds is 7. The fourth-order valence-electron chi connectivity index (χ4n) is 3.54. The summed E-state index contributed by atoms with van der Waals surface area (Å²) in [5, 5.41) is 7.60. The van der Waals surface area contributed by atoms with Gasteiger partial charge in [0.25, 0.3) is 0 Å². The van der Waals surface area contributed by atoms with Gasteiger partial charge < -0.3 is 10.1 Å². The molecule has 0 aliphatic carbocycles. The van der Waals surface area contributed by atoms with Gasteiger partial charge in [0, 0.05) is 28.5 Å². The fourth-order valence-corrected chi connectivity index (χ4v) is 5.19. The molecule has 7 heteroatoms. The predicted molar refractivity (Wildman–Crippen MR) is 134 cm³/mol. The van der Waals surface area contributed by atoms with E-state index in [0.717, 1.165) is 27.5 Å². The molecule has 0 unspecified atom stereocenters. The van der Waals surface area contributed by atoms with Gasteiger partial charge in [0.15, 0.2) is 5.13 Å². The molecule has 0 saturated heterocycles. The molecular formula is C25H25N3O2S2. The Hall–Kier alpha value is -2.90. The number of aryl methyl sites for hydroxylation is 3. The van der Waals surface area contributed by atoms with Gasteiger partial charge in [-0.3, -0.25) is 4.79 Å². The Morgan fingerprint density at radius 2 is 1.84 bits per heavy atom. The topological polar surface area (TPSA) is 64.1 Å². The molecule has 1 amide bonds. The van der Waals surface area contributed by atoms with Crippen molar-refractivity contribution in [3.05, 3.63) is 64.5 Å². The van der Waals surface area contributed by atoms with Gasteiger partial charge in [0.2, 0.25) is 5.91 Å². The van der Waals surface area contributed by atoms with Gasteiger partial charge in [-0.1, -0.05) is 11.6 Å². The SMILES string of the molecule is COc1ccc(-c2csc(NC(=O)CCSc3cc(C)c4cc(C)cc(C)c4n3)n2)cc1. The van der Waals surface area contributed by atoms with Crippen molar-refractivity contribution >= 4 is 45.0 Å². The lowest BCUT2D eigenvalue weighted by atomic mass is 10.0. The molecule has 2 aromatic heterocycles. The molecule has 4 rings (SSSR count). The van der Waals surface area contributed by atoms with Crippen molar-refractivity contribution in [1.29, 1.82) is 0 Å². The molecule has 0 spiro atoms. The van der Waals surface area contributed by atoms with Crippen LogP contribution in [-0.2, 0) is 4.79 Å². The van der Waals surface area contributed by atoms with Crippen molar-refractivity contribution in [2.75, 3.05) is 18.2 Å². The van der Waals surface area contributed by atoms with Crippen LogP contribution in [-0.4, -0.2) is 28.7 Å². The number of thiazole rings is 1. The molecule has 32 heavy (non-hydrogen) atoms. The second-order valence-corrected chi connectivity index (χ2v) is 9.64. The molecular weight excluding hydrogens is 438 g/mol. The minimum atomic E-state index is -0.0440. The van der Waals surface area contributed by atoms with Crippen LogP contribution in [0.3, 0.4) is 0 Å². The zero-order chi connectivity index (χ0) is 22.7. The number of hydrogen-bond acceptors (Lipinski definition) is 6. The second kappa shape index (κ2) is 9.71. The molecule has 2 aromatic carbocycles. The number of pyridine rings is 1. The standard InChI is InChI=1S/C25H25N3O2S2/c1-15-11-17(3)24-20(12-15)16(2)13-23(28-24)31-10-9-22(29)27-25-26-21(14-32-25)18-5-7-19(30-4)8-6-18/h5-8,11-14H,9-10H2,1-4H3,(H,26,27,29). The van der Waals surface area contributed by atoms with Gasteiger partial charge in [0.05, 0.1) is 23.3 Å². The van der Waals surface area contributed by atoms with E-state index in [0.29, 0.717) is 17.3 Å². The molecule has 0 atom stereocenters. The Kier molecular flexibility index (Phi) is 6.77. The highest BCUT2D eigenvalue weighted by Gasteiger charge is 2.10. The van der Waals surface area contributed by atoms with Gasteiger partial charge in [-0.25, -0.2) is 9.97 Å². The van der Waals surface area contributed by atoms with Crippen LogP contribution in [0.15, 0.2) is 52.9 Å². The van der Waals surface area contributed by atoms with Gasteiger partial charge in [0.1, 0.15) is 5.75 Å². The summed E-state index contributed by atoms with van der Waals surface area (Å²) < 4.78 is 5.19. The van der Waals surface area contributed by atoms with E-state index in [-0.39, 0.29) is 5.91 Å². The van der Waals surface area contributed by atoms with Gasteiger partial charge in [-0.15, -0.1) is 23.1 Å². The average molecular weight is 464 g/mol. The summed E-state index contributed by atoms with van der Waals surface area (Å²) in [6.07, 6.45) is 0.397. The number of anilines is 1. The van der Waals surface area contributed by atoms with Crippen LogP contribution in [0, 0.1) is 20.8 Å².